The molecule has 1 heterocycles. The van der Waals surface area contributed by atoms with Crippen LogP contribution < -0.4 is 14.8 Å². The first-order valence-corrected chi connectivity index (χ1v) is 7.64. The van der Waals surface area contributed by atoms with Gasteiger partial charge in [-0.05, 0) is 23.6 Å². The first-order valence-electron chi connectivity index (χ1n) is 7.64. The molecule has 1 saturated heterocycles. The summed E-state index contributed by atoms with van der Waals surface area (Å²) >= 11 is 0. The van der Waals surface area contributed by atoms with Crippen LogP contribution in [-0.2, 0) is 0 Å². The van der Waals surface area contributed by atoms with Gasteiger partial charge in [0.1, 0.15) is 11.5 Å². The molecular weight excluding hydrogens is 264 g/mol. The van der Waals surface area contributed by atoms with E-state index in [0.29, 0.717) is 6.04 Å². The highest BCUT2D eigenvalue weighted by atomic mass is 16.5. The average Bonchev–Trinajstić information content (AvgIpc) is 2.47. The maximum Gasteiger partial charge on any atom is 0.123 e. The van der Waals surface area contributed by atoms with E-state index >= 15 is 0 Å². The molecule has 1 aliphatic rings. The van der Waals surface area contributed by atoms with Gasteiger partial charge >= 0.3 is 0 Å². The highest BCUT2D eigenvalue weighted by Gasteiger charge is 2.34. The molecule has 1 aliphatic heterocycles. The molecular formula is C17H28N2O2. The van der Waals surface area contributed by atoms with Gasteiger partial charge in [-0.1, -0.05) is 20.8 Å². The van der Waals surface area contributed by atoms with E-state index in [4.69, 9.17) is 9.47 Å². The number of piperazine rings is 1. The Bertz CT molecular complexity index is 462. The van der Waals surface area contributed by atoms with Crippen LogP contribution in [-0.4, -0.2) is 45.3 Å². The Kier molecular flexibility index (Phi) is 5.12. The number of benzene rings is 1. The molecule has 1 fully saturated rings. The third kappa shape index (κ3) is 3.69. The summed E-state index contributed by atoms with van der Waals surface area (Å²) in [5.74, 6) is 1.82. The minimum absolute atomic E-state index is 0.122. The Morgan fingerprint density at radius 2 is 1.76 bits per heavy atom. The second-order valence-electron chi connectivity index (χ2n) is 6.66. The summed E-state index contributed by atoms with van der Waals surface area (Å²) in [5, 5.41) is 3.43. The van der Waals surface area contributed by atoms with Gasteiger partial charge in [0.25, 0.3) is 0 Å². The SMILES string of the molecule is COc1ccc(OC)c([C@H](N2CCNCC2)C(C)(C)C)c1. The summed E-state index contributed by atoms with van der Waals surface area (Å²) in [5.41, 5.74) is 1.34. The lowest BCUT2D eigenvalue weighted by atomic mass is 9.80. The van der Waals surface area contributed by atoms with E-state index in [1.807, 2.05) is 12.1 Å². The van der Waals surface area contributed by atoms with Crippen LogP contribution in [0.3, 0.4) is 0 Å². The van der Waals surface area contributed by atoms with Crippen molar-refractivity contribution in [3.8, 4) is 11.5 Å². The second kappa shape index (κ2) is 6.67. The number of hydrogen-bond acceptors (Lipinski definition) is 4. The molecule has 0 aliphatic carbocycles. The molecule has 1 atom stereocenters. The zero-order valence-corrected chi connectivity index (χ0v) is 13.9. The monoisotopic (exact) mass is 292 g/mol. The van der Waals surface area contributed by atoms with Crippen molar-refractivity contribution < 1.29 is 9.47 Å². The van der Waals surface area contributed by atoms with E-state index < -0.39 is 0 Å². The van der Waals surface area contributed by atoms with Crippen LogP contribution in [0.25, 0.3) is 0 Å². The van der Waals surface area contributed by atoms with Crippen LogP contribution in [0, 0.1) is 5.41 Å². The lowest BCUT2D eigenvalue weighted by Gasteiger charge is -2.43. The van der Waals surface area contributed by atoms with Gasteiger partial charge in [0, 0.05) is 37.8 Å². The van der Waals surface area contributed by atoms with Crippen LogP contribution in [0.5, 0.6) is 11.5 Å². The fraction of sp³-hybridized carbons (Fsp3) is 0.647. The predicted octanol–water partition coefficient (Wildman–Crippen LogP) is 2.70. The molecule has 21 heavy (non-hydrogen) atoms. The number of nitrogens with zero attached hydrogens (tertiary/aromatic N) is 1. The molecule has 0 spiro atoms. The fourth-order valence-electron chi connectivity index (χ4n) is 3.20. The van der Waals surface area contributed by atoms with E-state index in [9.17, 15) is 0 Å². The summed E-state index contributed by atoms with van der Waals surface area (Å²) in [6, 6.07) is 6.40. The van der Waals surface area contributed by atoms with E-state index in [2.05, 4.69) is 37.1 Å². The van der Waals surface area contributed by atoms with E-state index in [1.54, 1.807) is 14.2 Å². The Morgan fingerprint density at radius 1 is 1.10 bits per heavy atom. The first kappa shape index (κ1) is 16.1. The fourth-order valence-corrected chi connectivity index (χ4v) is 3.20. The Balaban J connectivity index is 2.44. The number of ether oxygens (including phenoxy) is 2. The van der Waals surface area contributed by atoms with Crippen molar-refractivity contribution in [3.63, 3.8) is 0 Å². The Morgan fingerprint density at radius 3 is 2.29 bits per heavy atom. The third-order valence-electron chi connectivity index (χ3n) is 4.07. The van der Waals surface area contributed by atoms with Crippen molar-refractivity contribution in [1.29, 1.82) is 0 Å². The van der Waals surface area contributed by atoms with Gasteiger partial charge in [-0.3, -0.25) is 4.90 Å². The number of nitrogens with one attached hydrogen (secondary N) is 1. The molecule has 0 unspecified atom stereocenters. The molecule has 2 rings (SSSR count). The highest BCUT2D eigenvalue weighted by Crippen LogP contribution is 2.43. The summed E-state index contributed by atoms with van der Waals surface area (Å²) in [7, 11) is 3.45. The molecule has 1 aromatic rings. The van der Waals surface area contributed by atoms with Crippen molar-refractivity contribution in [3.05, 3.63) is 23.8 Å². The predicted molar refractivity (Wildman–Crippen MR) is 86.2 cm³/mol. The van der Waals surface area contributed by atoms with Crippen LogP contribution in [0.15, 0.2) is 18.2 Å². The quantitative estimate of drug-likeness (QED) is 0.925. The number of rotatable bonds is 4. The van der Waals surface area contributed by atoms with Crippen LogP contribution in [0.4, 0.5) is 0 Å². The third-order valence-corrected chi connectivity index (χ3v) is 4.07. The molecule has 4 nitrogen and oxygen atoms in total. The summed E-state index contributed by atoms with van der Waals surface area (Å²) < 4.78 is 11.0. The van der Waals surface area contributed by atoms with Gasteiger partial charge in [-0.2, -0.15) is 0 Å². The molecule has 0 saturated carbocycles. The summed E-state index contributed by atoms with van der Waals surface area (Å²) in [6.45, 7) is 11.1. The van der Waals surface area contributed by atoms with E-state index in [-0.39, 0.29) is 5.41 Å². The average molecular weight is 292 g/mol. The zero-order valence-electron chi connectivity index (χ0n) is 13.9. The number of hydrogen-bond donors (Lipinski definition) is 1. The topological polar surface area (TPSA) is 33.7 Å². The van der Waals surface area contributed by atoms with Gasteiger partial charge in [0.15, 0.2) is 0 Å². The van der Waals surface area contributed by atoms with Crippen molar-refractivity contribution in [2.45, 2.75) is 26.8 Å². The van der Waals surface area contributed by atoms with Crippen LogP contribution in [0.1, 0.15) is 32.4 Å². The molecule has 0 aromatic heterocycles. The maximum atomic E-state index is 5.61. The highest BCUT2D eigenvalue weighted by molar-refractivity contribution is 5.43. The van der Waals surface area contributed by atoms with Crippen LogP contribution in [0.2, 0.25) is 0 Å². The zero-order chi connectivity index (χ0) is 15.5. The molecule has 118 valence electrons. The smallest absolute Gasteiger partial charge is 0.123 e. The van der Waals surface area contributed by atoms with Gasteiger partial charge in [-0.15, -0.1) is 0 Å². The summed E-state index contributed by atoms with van der Waals surface area (Å²) in [6.07, 6.45) is 0. The van der Waals surface area contributed by atoms with Crippen molar-refractivity contribution in [1.82, 2.24) is 10.2 Å². The van der Waals surface area contributed by atoms with Gasteiger partial charge in [0.2, 0.25) is 0 Å². The normalized spacial score (nSPS) is 18.3. The molecule has 0 bridgehead atoms. The Hall–Kier alpha value is -1.26. The lowest BCUT2D eigenvalue weighted by Crippen LogP contribution is -2.48. The molecule has 1 aromatic carbocycles. The molecule has 0 radical (unpaired) electrons. The van der Waals surface area contributed by atoms with Gasteiger partial charge in [-0.25, -0.2) is 0 Å². The largest absolute Gasteiger partial charge is 0.497 e. The minimum Gasteiger partial charge on any atom is -0.497 e. The van der Waals surface area contributed by atoms with Crippen LogP contribution >= 0.6 is 0 Å². The first-order chi connectivity index (χ1) is 9.97. The van der Waals surface area contributed by atoms with E-state index in [1.165, 1.54) is 5.56 Å². The lowest BCUT2D eigenvalue weighted by molar-refractivity contribution is 0.0840. The summed E-state index contributed by atoms with van der Waals surface area (Å²) in [4.78, 5) is 2.55. The second-order valence-corrected chi connectivity index (χ2v) is 6.66. The maximum absolute atomic E-state index is 5.61. The van der Waals surface area contributed by atoms with Crippen molar-refractivity contribution in [2.75, 3.05) is 40.4 Å². The Labute approximate surface area is 128 Å². The van der Waals surface area contributed by atoms with Crippen molar-refractivity contribution >= 4 is 0 Å². The van der Waals surface area contributed by atoms with Gasteiger partial charge in [0.05, 0.1) is 14.2 Å². The standard InChI is InChI=1S/C17H28N2O2/c1-17(2,3)16(19-10-8-18-9-11-19)14-12-13(20-4)6-7-15(14)21-5/h6-7,12,16,18H,8-11H2,1-5H3/t16-/m0/s1. The molecule has 0 amide bonds. The van der Waals surface area contributed by atoms with E-state index in [0.717, 1.165) is 37.7 Å². The molecule has 1 N–H and O–H groups in total. The number of methoxy groups -OCH3 is 2. The van der Waals surface area contributed by atoms with Crippen molar-refractivity contribution in [2.24, 2.45) is 5.41 Å². The molecule has 4 heteroatoms. The van der Waals surface area contributed by atoms with Gasteiger partial charge < -0.3 is 14.8 Å². The minimum atomic E-state index is 0.122.